The molecule has 144 valence electrons. The van der Waals surface area contributed by atoms with Gasteiger partial charge in [-0.1, -0.05) is 0 Å². The fraction of sp³-hybridized carbons (Fsp3) is 0.600. The number of likely N-dealkylation sites (N-methyl/N-ethyl adjacent to an activating group) is 1. The van der Waals surface area contributed by atoms with Gasteiger partial charge in [-0.05, 0) is 53.8 Å². The summed E-state index contributed by atoms with van der Waals surface area (Å²) in [6.45, 7) is 12.2. The van der Waals surface area contributed by atoms with Crippen molar-refractivity contribution < 1.29 is 14.3 Å². The van der Waals surface area contributed by atoms with E-state index in [9.17, 15) is 9.59 Å². The van der Waals surface area contributed by atoms with Crippen LogP contribution in [0.4, 0.5) is 0 Å². The van der Waals surface area contributed by atoms with E-state index in [-0.39, 0.29) is 11.9 Å². The number of hydrogen-bond donors (Lipinski definition) is 0. The highest BCUT2D eigenvalue weighted by Crippen LogP contribution is 2.25. The van der Waals surface area contributed by atoms with E-state index in [1.54, 1.807) is 19.1 Å². The summed E-state index contributed by atoms with van der Waals surface area (Å²) in [5.41, 5.74) is 3.20. The zero-order valence-electron chi connectivity index (χ0n) is 16.7. The second-order valence-corrected chi connectivity index (χ2v) is 6.74. The fourth-order valence-corrected chi connectivity index (χ4v) is 3.57. The van der Waals surface area contributed by atoms with Crippen LogP contribution in [-0.2, 0) is 16.1 Å². The molecule has 1 aromatic rings. The summed E-state index contributed by atoms with van der Waals surface area (Å²) in [6.07, 6.45) is 4.35. The minimum atomic E-state index is -0.330. The maximum Gasteiger partial charge on any atom is 0.340 e. The average molecular weight is 361 g/mol. The lowest BCUT2D eigenvalue weighted by Crippen LogP contribution is -2.33. The van der Waals surface area contributed by atoms with Crippen molar-refractivity contribution in [2.75, 3.05) is 39.8 Å². The number of carbonyl (C=O) groups excluding carboxylic acids is 2. The van der Waals surface area contributed by atoms with E-state index in [1.165, 1.54) is 0 Å². The molecule has 1 saturated heterocycles. The molecule has 1 fully saturated rings. The third-order valence-electron chi connectivity index (χ3n) is 5.05. The Hall–Kier alpha value is -2.08. The Bertz CT molecular complexity index is 691. The van der Waals surface area contributed by atoms with Crippen molar-refractivity contribution in [1.82, 2.24) is 14.4 Å². The number of esters is 1. The van der Waals surface area contributed by atoms with Crippen molar-refractivity contribution in [3.05, 3.63) is 28.6 Å². The summed E-state index contributed by atoms with van der Waals surface area (Å²) in [7, 11) is 2.08. The van der Waals surface area contributed by atoms with Crippen LogP contribution in [0.25, 0.3) is 6.08 Å². The molecule has 0 N–H and O–H groups in total. The van der Waals surface area contributed by atoms with E-state index in [2.05, 4.69) is 16.5 Å². The highest BCUT2D eigenvalue weighted by molar-refractivity contribution is 5.98. The van der Waals surface area contributed by atoms with Gasteiger partial charge in [0.1, 0.15) is 0 Å². The van der Waals surface area contributed by atoms with Gasteiger partial charge in [-0.2, -0.15) is 0 Å². The number of ether oxygens (including phenoxy) is 1. The Balaban J connectivity index is 2.28. The van der Waals surface area contributed by atoms with Crippen molar-refractivity contribution in [3.63, 3.8) is 0 Å². The first-order chi connectivity index (χ1) is 12.4. The molecule has 26 heavy (non-hydrogen) atoms. The van der Waals surface area contributed by atoms with Crippen LogP contribution in [0.5, 0.6) is 0 Å². The second kappa shape index (κ2) is 9.03. The van der Waals surface area contributed by atoms with Crippen molar-refractivity contribution >= 4 is 18.0 Å². The van der Waals surface area contributed by atoms with Crippen LogP contribution < -0.4 is 0 Å². The minimum absolute atomic E-state index is 0.00332. The molecule has 2 rings (SSSR count). The lowest BCUT2D eigenvalue weighted by Gasteiger charge is -2.18. The number of hydrogen-bond acceptors (Lipinski definition) is 4. The third kappa shape index (κ3) is 4.36. The van der Waals surface area contributed by atoms with Crippen LogP contribution in [0.1, 0.15) is 47.6 Å². The molecule has 0 aromatic carbocycles. The zero-order chi connectivity index (χ0) is 19.3. The number of rotatable bonds is 5. The van der Waals surface area contributed by atoms with Gasteiger partial charge in [0.25, 0.3) is 0 Å². The molecular weight excluding hydrogens is 330 g/mol. The molecule has 0 saturated carbocycles. The molecule has 0 unspecified atom stereocenters. The molecule has 1 amide bonds. The minimum Gasteiger partial charge on any atom is -0.462 e. The normalized spacial score (nSPS) is 16.1. The van der Waals surface area contributed by atoms with E-state index in [0.717, 1.165) is 56.1 Å². The molecule has 0 radical (unpaired) electrons. The standard InChI is InChI=1S/C20H31N3O3/c1-6-23-15(3)17(19(16(23)4)20(25)26-7-2)9-10-18(24)22-12-8-11-21(5)13-14-22/h9-10H,6-8,11-14H2,1-5H3/b10-9+. The first kappa shape index (κ1) is 20.2. The Morgan fingerprint density at radius 1 is 1.08 bits per heavy atom. The Labute approximate surface area is 156 Å². The van der Waals surface area contributed by atoms with E-state index in [4.69, 9.17) is 4.74 Å². The number of aromatic nitrogens is 1. The van der Waals surface area contributed by atoms with Gasteiger partial charge in [-0.3, -0.25) is 4.79 Å². The molecule has 1 aliphatic heterocycles. The molecule has 0 spiro atoms. The average Bonchev–Trinajstić information content (AvgIpc) is 2.74. The molecular formula is C20H31N3O3. The number of carbonyl (C=O) groups is 2. The summed E-state index contributed by atoms with van der Waals surface area (Å²) >= 11 is 0. The topological polar surface area (TPSA) is 54.8 Å². The van der Waals surface area contributed by atoms with E-state index < -0.39 is 0 Å². The molecule has 6 heteroatoms. The highest BCUT2D eigenvalue weighted by atomic mass is 16.5. The van der Waals surface area contributed by atoms with Gasteiger partial charge < -0.3 is 19.1 Å². The summed E-state index contributed by atoms with van der Waals surface area (Å²) in [4.78, 5) is 29.2. The second-order valence-electron chi connectivity index (χ2n) is 6.74. The van der Waals surface area contributed by atoms with Gasteiger partial charge in [0.2, 0.25) is 5.91 Å². The summed E-state index contributed by atoms with van der Waals surface area (Å²) < 4.78 is 7.31. The van der Waals surface area contributed by atoms with Gasteiger partial charge in [-0.25, -0.2) is 4.79 Å². The molecule has 0 atom stereocenters. The highest BCUT2D eigenvalue weighted by Gasteiger charge is 2.22. The van der Waals surface area contributed by atoms with Gasteiger partial charge in [0.15, 0.2) is 0 Å². The lowest BCUT2D eigenvalue weighted by atomic mass is 10.1. The van der Waals surface area contributed by atoms with Crippen LogP contribution in [0.2, 0.25) is 0 Å². The maximum absolute atomic E-state index is 12.6. The van der Waals surface area contributed by atoms with E-state index >= 15 is 0 Å². The van der Waals surface area contributed by atoms with Crippen LogP contribution in [0.3, 0.4) is 0 Å². The summed E-state index contributed by atoms with van der Waals surface area (Å²) in [5, 5.41) is 0. The third-order valence-corrected chi connectivity index (χ3v) is 5.05. The van der Waals surface area contributed by atoms with E-state index in [1.807, 2.05) is 25.7 Å². The van der Waals surface area contributed by atoms with Crippen molar-refractivity contribution in [2.24, 2.45) is 0 Å². The van der Waals surface area contributed by atoms with Crippen molar-refractivity contribution in [1.29, 1.82) is 0 Å². The van der Waals surface area contributed by atoms with Crippen LogP contribution in [-0.4, -0.2) is 66.1 Å². The molecule has 6 nitrogen and oxygen atoms in total. The Morgan fingerprint density at radius 2 is 1.81 bits per heavy atom. The van der Waals surface area contributed by atoms with Crippen LogP contribution in [0, 0.1) is 13.8 Å². The quantitative estimate of drug-likeness (QED) is 0.597. The largest absolute Gasteiger partial charge is 0.462 e. The Kier molecular flexibility index (Phi) is 7.03. The fourth-order valence-electron chi connectivity index (χ4n) is 3.57. The van der Waals surface area contributed by atoms with E-state index in [0.29, 0.717) is 12.2 Å². The monoisotopic (exact) mass is 361 g/mol. The predicted molar refractivity (Wildman–Crippen MR) is 103 cm³/mol. The SMILES string of the molecule is CCOC(=O)c1c(/C=C/C(=O)N2CCCN(C)CC2)c(C)n(CC)c1C. The number of nitrogens with zero attached hydrogens (tertiary/aromatic N) is 3. The van der Waals surface area contributed by atoms with Crippen LogP contribution >= 0.6 is 0 Å². The van der Waals surface area contributed by atoms with Crippen molar-refractivity contribution in [3.8, 4) is 0 Å². The maximum atomic E-state index is 12.6. The lowest BCUT2D eigenvalue weighted by molar-refractivity contribution is -0.125. The van der Waals surface area contributed by atoms with Gasteiger partial charge in [0.05, 0.1) is 12.2 Å². The predicted octanol–water partition coefficient (Wildman–Crippen LogP) is 2.48. The van der Waals surface area contributed by atoms with Gasteiger partial charge >= 0.3 is 5.97 Å². The Morgan fingerprint density at radius 3 is 2.46 bits per heavy atom. The van der Waals surface area contributed by atoms with Crippen LogP contribution in [0.15, 0.2) is 6.08 Å². The first-order valence-electron chi connectivity index (χ1n) is 9.43. The molecule has 0 aliphatic carbocycles. The molecule has 1 aliphatic rings. The summed E-state index contributed by atoms with van der Waals surface area (Å²) in [6, 6.07) is 0. The molecule has 2 heterocycles. The van der Waals surface area contributed by atoms with Gasteiger partial charge in [-0.15, -0.1) is 0 Å². The zero-order valence-corrected chi connectivity index (χ0v) is 16.7. The smallest absolute Gasteiger partial charge is 0.340 e. The van der Waals surface area contributed by atoms with Crippen molar-refractivity contribution in [2.45, 2.75) is 40.7 Å². The number of amides is 1. The summed E-state index contributed by atoms with van der Waals surface area (Å²) in [5.74, 6) is -0.333. The van der Waals surface area contributed by atoms with Gasteiger partial charge in [0, 0.05) is 49.2 Å². The molecule has 0 bridgehead atoms. The first-order valence-corrected chi connectivity index (χ1v) is 9.43. The molecule has 1 aromatic heterocycles.